The molecule has 11 rings (SSSR count). The molecule has 56 heavy (non-hydrogen) atoms. The Balaban J connectivity index is 1.14. The minimum Gasteiger partial charge on any atom is -0.309 e. The quantitative estimate of drug-likeness (QED) is 0.169. The summed E-state index contributed by atoms with van der Waals surface area (Å²) < 4.78 is 0. The minimum absolute atomic E-state index is 1.12. The molecule has 0 saturated heterocycles. The lowest BCUT2D eigenvalue weighted by Crippen LogP contribution is -2.11. The van der Waals surface area contributed by atoms with Crippen LogP contribution in [0.4, 0.5) is 34.1 Å². The molecule has 2 aliphatic heterocycles. The zero-order chi connectivity index (χ0) is 37.0. The fraction of sp³-hybridized carbons (Fsp3) is 0. The molecular weight excluding hydrogens is 679 g/mol. The predicted molar refractivity (Wildman–Crippen MR) is 237 cm³/mol. The standard InChI is InChI=1S/C53H35N3/c1-3-15-42(16-4-1)55-48-21-11-7-13-36(48)23-25-38-27-29-40(33-50(38)55)52-44-19-9-10-20-45(44)53(47-35-54-32-31-46(47)52)41-30-28-39-26-24-37-14-8-12-22-49(37)56(51(39)34-41)43-17-5-2-6-18-43/h1-35H. The number of anilines is 6. The van der Waals surface area contributed by atoms with Crippen LogP contribution >= 0.6 is 0 Å². The first-order valence-corrected chi connectivity index (χ1v) is 19.1. The SMILES string of the molecule is C1=Cc2ccc(-c3c4ccccc4c(-c4ccc5c(c4)N(c4ccccc4)c4ccccc4C=C5)c4cnccc34)cc2N(c2ccccc2)c2ccccc21. The van der Waals surface area contributed by atoms with Crippen LogP contribution in [0.2, 0.25) is 0 Å². The van der Waals surface area contributed by atoms with Gasteiger partial charge in [0, 0.05) is 29.2 Å². The van der Waals surface area contributed by atoms with Crippen molar-refractivity contribution < 1.29 is 0 Å². The van der Waals surface area contributed by atoms with E-state index >= 15 is 0 Å². The van der Waals surface area contributed by atoms with E-state index in [9.17, 15) is 0 Å². The molecule has 0 radical (unpaired) electrons. The van der Waals surface area contributed by atoms with Gasteiger partial charge in [-0.15, -0.1) is 0 Å². The summed E-state index contributed by atoms with van der Waals surface area (Å²) in [7, 11) is 0. The van der Waals surface area contributed by atoms with Crippen LogP contribution in [-0.2, 0) is 0 Å². The maximum absolute atomic E-state index is 4.76. The number of pyridine rings is 1. The van der Waals surface area contributed by atoms with Crippen molar-refractivity contribution in [2.75, 3.05) is 9.80 Å². The summed E-state index contributed by atoms with van der Waals surface area (Å²) in [4.78, 5) is 9.55. The Bertz CT molecular complexity index is 2770. The minimum atomic E-state index is 1.12. The number of fused-ring (bicyclic) bond motifs is 6. The first kappa shape index (κ1) is 32.0. The van der Waals surface area contributed by atoms with Gasteiger partial charge in [-0.2, -0.15) is 0 Å². The highest BCUT2D eigenvalue weighted by atomic mass is 15.2. The Morgan fingerprint density at radius 2 is 0.732 bits per heavy atom. The van der Waals surface area contributed by atoms with Gasteiger partial charge in [-0.25, -0.2) is 0 Å². The van der Waals surface area contributed by atoms with Crippen LogP contribution < -0.4 is 9.80 Å². The van der Waals surface area contributed by atoms with Crippen molar-refractivity contribution in [3.8, 4) is 22.3 Å². The summed E-state index contributed by atoms with van der Waals surface area (Å²) in [6, 6.07) is 63.6. The molecule has 0 aliphatic carbocycles. The van der Waals surface area contributed by atoms with Crippen LogP contribution in [0.3, 0.4) is 0 Å². The van der Waals surface area contributed by atoms with Gasteiger partial charge >= 0.3 is 0 Å². The summed E-state index contributed by atoms with van der Waals surface area (Å²) >= 11 is 0. The van der Waals surface area contributed by atoms with Crippen LogP contribution in [0.15, 0.2) is 188 Å². The molecule has 0 N–H and O–H groups in total. The molecule has 9 aromatic rings. The zero-order valence-corrected chi connectivity index (χ0v) is 30.5. The predicted octanol–water partition coefficient (Wildman–Crippen LogP) is 14.6. The second-order valence-corrected chi connectivity index (χ2v) is 14.4. The highest BCUT2D eigenvalue weighted by Gasteiger charge is 2.25. The molecule has 3 heterocycles. The van der Waals surface area contributed by atoms with Gasteiger partial charge in [-0.05, 0) is 115 Å². The Labute approximate surface area is 326 Å². The van der Waals surface area contributed by atoms with E-state index in [4.69, 9.17) is 4.98 Å². The van der Waals surface area contributed by atoms with Gasteiger partial charge in [0.1, 0.15) is 0 Å². The smallest absolute Gasteiger partial charge is 0.0540 e. The van der Waals surface area contributed by atoms with Gasteiger partial charge in [0.05, 0.1) is 22.7 Å². The van der Waals surface area contributed by atoms with E-state index in [1.807, 2.05) is 6.20 Å². The molecule has 3 heteroatoms. The van der Waals surface area contributed by atoms with E-state index in [0.29, 0.717) is 0 Å². The molecule has 3 nitrogen and oxygen atoms in total. The number of rotatable bonds is 4. The lowest BCUT2D eigenvalue weighted by molar-refractivity contribution is 1.28. The van der Waals surface area contributed by atoms with Gasteiger partial charge < -0.3 is 9.80 Å². The van der Waals surface area contributed by atoms with Gasteiger partial charge in [0.15, 0.2) is 0 Å². The van der Waals surface area contributed by atoms with Crippen molar-refractivity contribution in [1.82, 2.24) is 4.98 Å². The molecule has 0 spiro atoms. The Kier molecular flexibility index (Phi) is 7.49. The lowest BCUT2D eigenvalue weighted by Gasteiger charge is -2.28. The van der Waals surface area contributed by atoms with E-state index in [1.54, 1.807) is 0 Å². The maximum Gasteiger partial charge on any atom is 0.0540 e. The normalized spacial score (nSPS) is 12.8. The molecule has 0 saturated carbocycles. The summed E-state index contributed by atoms with van der Waals surface area (Å²) in [5, 5.41) is 4.69. The van der Waals surface area contributed by atoms with Crippen molar-refractivity contribution in [2.45, 2.75) is 0 Å². The van der Waals surface area contributed by atoms with Crippen LogP contribution in [0.5, 0.6) is 0 Å². The third-order valence-corrected chi connectivity index (χ3v) is 11.2. The van der Waals surface area contributed by atoms with Gasteiger partial charge in [-0.1, -0.05) is 146 Å². The third-order valence-electron chi connectivity index (χ3n) is 11.2. The highest BCUT2D eigenvalue weighted by Crippen LogP contribution is 2.49. The molecule has 8 aromatic carbocycles. The second-order valence-electron chi connectivity index (χ2n) is 14.4. The highest BCUT2D eigenvalue weighted by molar-refractivity contribution is 6.21. The van der Waals surface area contributed by atoms with E-state index in [1.165, 1.54) is 49.5 Å². The number of nitrogens with zero attached hydrogens (tertiary/aromatic N) is 3. The molecule has 262 valence electrons. The summed E-state index contributed by atoms with van der Waals surface area (Å²) in [5.74, 6) is 0. The van der Waals surface area contributed by atoms with E-state index < -0.39 is 0 Å². The number of benzene rings is 8. The van der Waals surface area contributed by atoms with Crippen molar-refractivity contribution in [3.63, 3.8) is 0 Å². The van der Waals surface area contributed by atoms with Gasteiger partial charge in [-0.3, -0.25) is 4.98 Å². The molecule has 0 fully saturated rings. The first-order valence-electron chi connectivity index (χ1n) is 19.1. The molecule has 0 atom stereocenters. The fourth-order valence-corrected chi connectivity index (χ4v) is 8.70. The molecule has 0 bridgehead atoms. The molecular formula is C53H35N3. The lowest BCUT2D eigenvalue weighted by atomic mass is 9.86. The van der Waals surface area contributed by atoms with Crippen LogP contribution in [0, 0.1) is 0 Å². The average molecular weight is 714 g/mol. The van der Waals surface area contributed by atoms with E-state index in [-0.39, 0.29) is 0 Å². The van der Waals surface area contributed by atoms with Crippen molar-refractivity contribution in [2.24, 2.45) is 0 Å². The summed E-state index contributed by atoms with van der Waals surface area (Å²) in [5.41, 5.74) is 16.3. The second kappa shape index (κ2) is 13.1. The molecule has 0 amide bonds. The topological polar surface area (TPSA) is 19.4 Å². The van der Waals surface area contributed by atoms with Crippen LogP contribution in [0.25, 0.3) is 68.1 Å². The molecule has 0 unspecified atom stereocenters. The summed E-state index contributed by atoms with van der Waals surface area (Å²) in [6.45, 7) is 0. The number of aromatic nitrogens is 1. The molecule has 1 aromatic heterocycles. The van der Waals surface area contributed by atoms with E-state index in [2.05, 4.69) is 216 Å². The average Bonchev–Trinajstić information content (AvgIpc) is 3.53. The van der Waals surface area contributed by atoms with Crippen molar-refractivity contribution >= 4 is 80.0 Å². The Morgan fingerprint density at radius 3 is 1.25 bits per heavy atom. The Hall–Kier alpha value is -7.49. The maximum atomic E-state index is 4.76. The zero-order valence-electron chi connectivity index (χ0n) is 30.5. The van der Waals surface area contributed by atoms with Crippen LogP contribution in [0.1, 0.15) is 22.3 Å². The largest absolute Gasteiger partial charge is 0.309 e. The summed E-state index contributed by atoms with van der Waals surface area (Å²) in [6.07, 6.45) is 12.9. The first-order chi connectivity index (χ1) is 27.8. The van der Waals surface area contributed by atoms with Crippen molar-refractivity contribution in [3.05, 3.63) is 211 Å². The number of hydrogen-bond donors (Lipinski definition) is 0. The van der Waals surface area contributed by atoms with Gasteiger partial charge in [0.2, 0.25) is 0 Å². The molecule has 2 aliphatic rings. The van der Waals surface area contributed by atoms with E-state index in [0.717, 1.165) is 50.6 Å². The Morgan fingerprint density at radius 1 is 0.321 bits per heavy atom. The number of para-hydroxylation sites is 4. The van der Waals surface area contributed by atoms with Crippen LogP contribution in [-0.4, -0.2) is 4.98 Å². The third kappa shape index (κ3) is 5.17. The van der Waals surface area contributed by atoms with Crippen molar-refractivity contribution in [1.29, 1.82) is 0 Å². The number of hydrogen-bond acceptors (Lipinski definition) is 3. The van der Waals surface area contributed by atoms with Gasteiger partial charge in [0.25, 0.3) is 0 Å². The fourth-order valence-electron chi connectivity index (χ4n) is 8.70. The monoisotopic (exact) mass is 713 g/mol.